The highest BCUT2D eigenvalue weighted by Gasteiger charge is 2.13. The first-order chi connectivity index (χ1) is 29.6. The topological polar surface area (TPSA) is 88.2 Å². The zero-order chi connectivity index (χ0) is 40.0. The Balaban J connectivity index is 0.967. The van der Waals surface area contributed by atoms with E-state index in [0.717, 1.165) is 111 Å². The molecule has 0 bridgehead atoms. The minimum atomic E-state index is 0.642. The van der Waals surface area contributed by atoms with Crippen molar-refractivity contribution < 1.29 is 0 Å². The second kappa shape index (κ2) is 14.5. The third-order valence-corrected chi connectivity index (χ3v) is 11.2. The molecular weight excluding hydrogens is 733 g/mol. The molecule has 0 unspecified atom stereocenters. The van der Waals surface area contributed by atoms with Gasteiger partial charge in [-0.1, -0.05) is 133 Å². The van der Waals surface area contributed by atoms with Crippen molar-refractivity contribution in [3.8, 4) is 73.4 Å². The van der Waals surface area contributed by atoms with Gasteiger partial charge in [0.15, 0.2) is 0 Å². The van der Waals surface area contributed by atoms with E-state index in [2.05, 4.69) is 162 Å². The van der Waals surface area contributed by atoms with Crippen molar-refractivity contribution in [3.05, 3.63) is 200 Å². The molecule has 0 saturated heterocycles. The van der Waals surface area contributed by atoms with E-state index in [1.165, 1.54) is 0 Å². The zero-order valence-corrected chi connectivity index (χ0v) is 32.2. The molecule has 5 heterocycles. The van der Waals surface area contributed by atoms with Gasteiger partial charge in [-0.15, -0.1) is 0 Å². The molecule has 0 N–H and O–H groups in total. The summed E-state index contributed by atoms with van der Waals surface area (Å²) in [5, 5.41) is 13.5. The quantitative estimate of drug-likeness (QED) is 0.157. The smallest absolute Gasteiger partial charge is 0.0991 e. The number of benzene rings is 6. The molecular formula is C54H32N6. The highest BCUT2D eigenvalue weighted by atomic mass is 14.8. The summed E-state index contributed by atoms with van der Waals surface area (Å²) < 4.78 is 0. The van der Waals surface area contributed by atoms with Crippen LogP contribution in [0, 0.1) is 11.3 Å². The molecule has 0 amide bonds. The van der Waals surface area contributed by atoms with Crippen molar-refractivity contribution in [1.82, 2.24) is 24.9 Å². The molecule has 6 nitrogen and oxygen atoms in total. The van der Waals surface area contributed by atoms with E-state index in [9.17, 15) is 5.26 Å². The molecule has 5 aromatic heterocycles. The number of nitrogens with zero attached hydrogens (tertiary/aromatic N) is 6. The molecule has 6 heteroatoms. The molecule has 11 aromatic rings. The number of pyridine rings is 5. The van der Waals surface area contributed by atoms with Crippen LogP contribution < -0.4 is 0 Å². The van der Waals surface area contributed by atoms with Crippen LogP contribution in [-0.4, -0.2) is 24.9 Å². The second-order valence-corrected chi connectivity index (χ2v) is 14.9. The molecule has 0 fully saturated rings. The molecule has 0 aliphatic rings. The van der Waals surface area contributed by atoms with Crippen molar-refractivity contribution >= 4 is 43.6 Å². The summed E-state index contributed by atoms with van der Waals surface area (Å²) in [6, 6.07) is 64.5. The average Bonchev–Trinajstić information content (AvgIpc) is 3.33. The van der Waals surface area contributed by atoms with Gasteiger partial charge in [-0.05, 0) is 70.8 Å². The number of aromatic nitrogens is 5. The summed E-state index contributed by atoms with van der Waals surface area (Å²) in [5.41, 5.74) is 16.1. The highest BCUT2D eigenvalue weighted by molar-refractivity contribution is 6.04. The summed E-state index contributed by atoms with van der Waals surface area (Å²) in [6.07, 6.45) is 3.64. The minimum Gasteiger partial charge on any atom is -0.254 e. The highest BCUT2D eigenvalue weighted by Crippen LogP contribution is 2.35. The Labute approximate surface area is 345 Å². The van der Waals surface area contributed by atoms with Crippen LogP contribution in [0.2, 0.25) is 0 Å². The first-order valence-electron chi connectivity index (χ1n) is 19.8. The molecule has 0 aliphatic heterocycles. The van der Waals surface area contributed by atoms with Crippen LogP contribution in [0.3, 0.4) is 0 Å². The molecule has 0 aliphatic carbocycles. The Bertz CT molecular complexity index is 3280. The normalized spacial score (nSPS) is 11.3. The predicted molar refractivity (Wildman–Crippen MR) is 243 cm³/mol. The lowest BCUT2D eigenvalue weighted by Gasteiger charge is -2.12. The van der Waals surface area contributed by atoms with Crippen LogP contribution in [0.15, 0.2) is 194 Å². The molecule has 0 radical (unpaired) electrons. The lowest BCUT2D eigenvalue weighted by molar-refractivity contribution is 1.32. The Morgan fingerprint density at radius 3 is 1.08 bits per heavy atom. The average molecular weight is 765 g/mol. The fourth-order valence-electron chi connectivity index (χ4n) is 7.98. The Morgan fingerprint density at radius 2 is 0.650 bits per heavy atom. The molecule has 0 spiro atoms. The van der Waals surface area contributed by atoms with Gasteiger partial charge in [-0.25, -0.2) is 15.0 Å². The van der Waals surface area contributed by atoms with E-state index >= 15 is 0 Å². The Hall–Kier alpha value is -8.40. The summed E-state index contributed by atoms with van der Waals surface area (Å²) in [7, 11) is 0. The third-order valence-electron chi connectivity index (χ3n) is 11.2. The van der Waals surface area contributed by atoms with Crippen molar-refractivity contribution in [2.45, 2.75) is 0 Å². The monoisotopic (exact) mass is 764 g/mol. The standard InChI is InChI=1S/C54H32N6/c55-33-34-5-7-35(8-6-34)36-9-15-40(16-10-36)49-31-46(37-11-13-38(14-12-37)47-27-25-44-23-21-42-3-1-29-56-51(42)53(44)59-47)32-50(58-49)41-19-17-39(18-20-41)48-28-26-45-24-22-43-4-2-30-57-52(43)54(45)60-48/h1-32H. The number of nitriles is 1. The van der Waals surface area contributed by atoms with Gasteiger partial charge in [0.25, 0.3) is 0 Å². The van der Waals surface area contributed by atoms with Gasteiger partial charge in [0, 0.05) is 56.2 Å². The first-order valence-corrected chi connectivity index (χ1v) is 19.8. The van der Waals surface area contributed by atoms with Crippen molar-refractivity contribution in [1.29, 1.82) is 5.26 Å². The number of rotatable bonds is 6. The first kappa shape index (κ1) is 34.8. The van der Waals surface area contributed by atoms with Crippen LogP contribution in [0.25, 0.3) is 111 Å². The van der Waals surface area contributed by atoms with Crippen LogP contribution in [-0.2, 0) is 0 Å². The van der Waals surface area contributed by atoms with Gasteiger partial charge in [0.1, 0.15) is 0 Å². The molecule has 0 atom stereocenters. The SMILES string of the molecule is N#Cc1ccc(-c2ccc(-c3cc(-c4ccc(-c5ccc6ccc7cccnc7c6n5)cc4)cc(-c4ccc(-c5ccc6ccc7cccnc7c6n5)cc4)n3)cc2)cc1. The molecule has 0 saturated carbocycles. The van der Waals surface area contributed by atoms with Gasteiger partial charge in [-0.2, -0.15) is 5.26 Å². The maximum atomic E-state index is 9.27. The zero-order valence-electron chi connectivity index (χ0n) is 32.2. The van der Waals surface area contributed by atoms with E-state index in [4.69, 9.17) is 15.0 Å². The van der Waals surface area contributed by atoms with Crippen molar-refractivity contribution in [2.75, 3.05) is 0 Å². The van der Waals surface area contributed by atoms with E-state index in [-0.39, 0.29) is 0 Å². The third kappa shape index (κ3) is 6.37. The number of hydrogen-bond donors (Lipinski definition) is 0. The Kier molecular flexibility index (Phi) is 8.42. The van der Waals surface area contributed by atoms with Crippen LogP contribution in [0.1, 0.15) is 5.56 Å². The van der Waals surface area contributed by atoms with Gasteiger partial charge in [0.2, 0.25) is 0 Å². The van der Waals surface area contributed by atoms with E-state index in [1.54, 1.807) is 0 Å². The lowest BCUT2D eigenvalue weighted by Crippen LogP contribution is -1.93. The predicted octanol–water partition coefficient (Wildman–Crippen LogP) is 13.1. The molecule has 60 heavy (non-hydrogen) atoms. The van der Waals surface area contributed by atoms with Crippen LogP contribution >= 0.6 is 0 Å². The van der Waals surface area contributed by atoms with Crippen molar-refractivity contribution in [3.63, 3.8) is 0 Å². The molecule has 278 valence electrons. The maximum absolute atomic E-state index is 9.27. The van der Waals surface area contributed by atoms with Gasteiger partial charge < -0.3 is 0 Å². The Morgan fingerprint density at radius 1 is 0.300 bits per heavy atom. The lowest BCUT2D eigenvalue weighted by atomic mass is 9.97. The number of hydrogen-bond acceptors (Lipinski definition) is 6. The maximum Gasteiger partial charge on any atom is 0.0991 e. The molecule has 6 aromatic carbocycles. The summed E-state index contributed by atoms with van der Waals surface area (Å²) >= 11 is 0. The van der Waals surface area contributed by atoms with Crippen LogP contribution in [0.4, 0.5) is 0 Å². The number of fused-ring (bicyclic) bond motifs is 6. The van der Waals surface area contributed by atoms with Crippen molar-refractivity contribution in [2.24, 2.45) is 0 Å². The van der Waals surface area contributed by atoms with E-state index in [0.29, 0.717) is 5.56 Å². The summed E-state index contributed by atoms with van der Waals surface area (Å²) in [4.78, 5) is 24.7. The van der Waals surface area contributed by atoms with Gasteiger partial charge in [-0.3, -0.25) is 9.97 Å². The summed E-state index contributed by atoms with van der Waals surface area (Å²) in [5.74, 6) is 0. The second-order valence-electron chi connectivity index (χ2n) is 14.9. The van der Waals surface area contributed by atoms with Gasteiger partial charge in [0.05, 0.1) is 56.5 Å². The minimum absolute atomic E-state index is 0.642. The fourth-order valence-corrected chi connectivity index (χ4v) is 7.98. The van der Waals surface area contributed by atoms with E-state index < -0.39 is 0 Å². The largest absolute Gasteiger partial charge is 0.254 e. The van der Waals surface area contributed by atoms with Crippen LogP contribution in [0.5, 0.6) is 0 Å². The van der Waals surface area contributed by atoms with E-state index in [1.807, 2.05) is 48.8 Å². The summed E-state index contributed by atoms with van der Waals surface area (Å²) in [6.45, 7) is 0. The van der Waals surface area contributed by atoms with Gasteiger partial charge >= 0.3 is 0 Å². The molecule has 11 rings (SSSR count). The fraction of sp³-hybridized carbons (Fsp3) is 0.